The van der Waals surface area contributed by atoms with Gasteiger partial charge in [-0.05, 0) is 29.8 Å². The molecule has 0 spiro atoms. The molecular weight excluding hydrogens is 259 g/mol. The molecule has 4 heteroatoms. The Morgan fingerprint density at radius 2 is 1.90 bits per heavy atom. The molecule has 0 bridgehead atoms. The molecule has 0 N–H and O–H groups in total. The summed E-state index contributed by atoms with van der Waals surface area (Å²) in [5, 5.41) is 0. The fourth-order valence-corrected chi connectivity index (χ4v) is 1.90. The first-order valence-corrected chi connectivity index (χ1v) is 6.13. The molecule has 2 aromatic carbocycles. The topological polar surface area (TPSA) is 35.5 Å². The van der Waals surface area contributed by atoms with Crippen LogP contribution in [0, 0.1) is 5.82 Å². The zero-order valence-corrected chi connectivity index (χ0v) is 11.4. The molecule has 0 atom stereocenters. The molecule has 0 aliphatic rings. The van der Waals surface area contributed by atoms with Crippen LogP contribution in [0.3, 0.4) is 0 Å². The third-order valence-corrected chi connectivity index (χ3v) is 2.97. The monoisotopic (exact) mass is 274 g/mol. The Morgan fingerprint density at radius 3 is 2.55 bits per heavy atom. The molecule has 0 saturated carbocycles. The molecule has 0 amide bonds. The van der Waals surface area contributed by atoms with Gasteiger partial charge in [0.05, 0.1) is 14.2 Å². The zero-order valence-electron chi connectivity index (χ0n) is 11.4. The van der Waals surface area contributed by atoms with Crippen molar-refractivity contribution in [1.29, 1.82) is 0 Å². The van der Waals surface area contributed by atoms with E-state index in [4.69, 9.17) is 9.47 Å². The first kappa shape index (κ1) is 14.1. The molecule has 104 valence electrons. The number of Topliss-reactive ketones (excluding diaryl/α,β-unsaturated/α-hetero) is 1. The van der Waals surface area contributed by atoms with Gasteiger partial charge in [0.2, 0.25) is 0 Å². The number of ether oxygens (including phenoxy) is 2. The van der Waals surface area contributed by atoms with Crippen LogP contribution in [-0.2, 0) is 6.42 Å². The van der Waals surface area contributed by atoms with Gasteiger partial charge in [0.25, 0.3) is 0 Å². The molecule has 0 aliphatic heterocycles. The summed E-state index contributed by atoms with van der Waals surface area (Å²) in [6.07, 6.45) is 0.133. The van der Waals surface area contributed by atoms with E-state index in [0.717, 1.165) is 0 Å². The van der Waals surface area contributed by atoms with Crippen molar-refractivity contribution in [3.8, 4) is 11.5 Å². The molecular formula is C16H15FO3. The van der Waals surface area contributed by atoms with E-state index in [9.17, 15) is 9.18 Å². The second-order valence-corrected chi connectivity index (χ2v) is 4.30. The van der Waals surface area contributed by atoms with E-state index in [1.165, 1.54) is 19.2 Å². The number of carbonyl (C=O) groups excluding carboxylic acids is 1. The standard InChI is InChI=1S/C16H15FO3/c1-19-13-5-3-4-12(10-13)15(18)9-11-6-7-16(20-2)14(17)8-11/h3-8,10H,9H2,1-2H3. The molecule has 0 fully saturated rings. The summed E-state index contributed by atoms with van der Waals surface area (Å²) >= 11 is 0. The van der Waals surface area contributed by atoms with Gasteiger partial charge in [0.1, 0.15) is 5.75 Å². The molecule has 3 nitrogen and oxygen atoms in total. The number of benzene rings is 2. The van der Waals surface area contributed by atoms with E-state index < -0.39 is 5.82 Å². The maximum atomic E-state index is 13.6. The molecule has 0 aliphatic carbocycles. The van der Waals surface area contributed by atoms with Gasteiger partial charge in [0, 0.05) is 12.0 Å². The van der Waals surface area contributed by atoms with Gasteiger partial charge in [0.15, 0.2) is 17.3 Å². The third kappa shape index (κ3) is 3.15. The number of methoxy groups -OCH3 is 2. The molecule has 2 aromatic rings. The number of hydrogen-bond donors (Lipinski definition) is 0. The molecule has 0 heterocycles. The van der Waals surface area contributed by atoms with Crippen molar-refractivity contribution in [2.75, 3.05) is 14.2 Å². The number of rotatable bonds is 5. The van der Waals surface area contributed by atoms with Gasteiger partial charge in [-0.1, -0.05) is 18.2 Å². The smallest absolute Gasteiger partial charge is 0.167 e. The highest BCUT2D eigenvalue weighted by Gasteiger charge is 2.10. The normalized spacial score (nSPS) is 10.2. The van der Waals surface area contributed by atoms with E-state index in [1.54, 1.807) is 37.4 Å². The molecule has 0 saturated heterocycles. The fraction of sp³-hybridized carbons (Fsp3) is 0.188. The Bertz CT molecular complexity index is 623. The quantitative estimate of drug-likeness (QED) is 0.785. The summed E-state index contributed by atoms with van der Waals surface area (Å²) < 4.78 is 23.5. The lowest BCUT2D eigenvalue weighted by Gasteiger charge is -2.06. The summed E-state index contributed by atoms with van der Waals surface area (Å²) in [6, 6.07) is 11.4. The number of carbonyl (C=O) groups is 1. The van der Waals surface area contributed by atoms with Crippen LogP contribution >= 0.6 is 0 Å². The minimum atomic E-state index is -0.469. The predicted octanol–water partition coefficient (Wildman–Crippen LogP) is 3.27. The largest absolute Gasteiger partial charge is 0.497 e. The first-order chi connectivity index (χ1) is 9.63. The summed E-state index contributed by atoms with van der Waals surface area (Å²) in [5.41, 5.74) is 1.15. The fourth-order valence-electron chi connectivity index (χ4n) is 1.90. The van der Waals surface area contributed by atoms with Gasteiger partial charge in [-0.25, -0.2) is 4.39 Å². The molecule has 2 rings (SSSR count). The van der Waals surface area contributed by atoms with Crippen molar-refractivity contribution in [2.24, 2.45) is 0 Å². The van der Waals surface area contributed by atoms with Gasteiger partial charge in [-0.15, -0.1) is 0 Å². The van der Waals surface area contributed by atoms with Crippen molar-refractivity contribution < 1.29 is 18.7 Å². The molecule has 20 heavy (non-hydrogen) atoms. The summed E-state index contributed by atoms with van der Waals surface area (Å²) in [4.78, 5) is 12.1. The van der Waals surface area contributed by atoms with Crippen molar-refractivity contribution in [3.05, 3.63) is 59.4 Å². The van der Waals surface area contributed by atoms with Crippen LogP contribution in [0.1, 0.15) is 15.9 Å². The number of hydrogen-bond acceptors (Lipinski definition) is 3. The highest BCUT2D eigenvalue weighted by atomic mass is 19.1. The third-order valence-electron chi connectivity index (χ3n) is 2.97. The van der Waals surface area contributed by atoms with Crippen molar-refractivity contribution in [1.82, 2.24) is 0 Å². The lowest BCUT2D eigenvalue weighted by molar-refractivity contribution is 0.0992. The summed E-state index contributed by atoms with van der Waals surface area (Å²) in [5.74, 6) is 0.233. The van der Waals surface area contributed by atoms with Gasteiger partial charge < -0.3 is 9.47 Å². The molecule has 0 aromatic heterocycles. The molecule has 0 radical (unpaired) electrons. The van der Waals surface area contributed by atoms with E-state index in [2.05, 4.69) is 0 Å². The summed E-state index contributed by atoms with van der Waals surface area (Å²) in [7, 11) is 2.95. The Hall–Kier alpha value is -2.36. The van der Waals surface area contributed by atoms with E-state index in [1.807, 2.05) is 0 Å². The highest BCUT2D eigenvalue weighted by molar-refractivity contribution is 5.97. The van der Waals surface area contributed by atoms with Crippen LogP contribution in [0.5, 0.6) is 11.5 Å². The minimum Gasteiger partial charge on any atom is -0.497 e. The number of ketones is 1. The SMILES string of the molecule is COc1cccc(C(=O)Cc2ccc(OC)c(F)c2)c1. The average molecular weight is 274 g/mol. The van der Waals surface area contributed by atoms with Crippen LogP contribution in [0.4, 0.5) is 4.39 Å². The lowest BCUT2D eigenvalue weighted by Crippen LogP contribution is -2.04. The maximum Gasteiger partial charge on any atom is 0.167 e. The van der Waals surface area contributed by atoms with E-state index in [-0.39, 0.29) is 18.0 Å². The van der Waals surface area contributed by atoms with Crippen molar-refractivity contribution >= 4 is 5.78 Å². The van der Waals surface area contributed by atoms with Crippen LogP contribution in [-0.4, -0.2) is 20.0 Å². The minimum absolute atomic E-state index is 0.0894. The van der Waals surface area contributed by atoms with Crippen LogP contribution < -0.4 is 9.47 Å². The Kier molecular flexibility index (Phi) is 4.35. The van der Waals surface area contributed by atoms with Crippen molar-refractivity contribution in [3.63, 3.8) is 0 Å². The molecule has 0 unspecified atom stereocenters. The lowest BCUT2D eigenvalue weighted by atomic mass is 10.0. The second-order valence-electron chi connectivity index (χ2n) is 4.30. The Morgan fingerprint density at radius 1 is 1.10 bits per heavy atom. The first-order valence-electron chi connectivity index (χ1n) is 6.13. The van der Waals surface area contributed by atoms with Crippen molar-refractivity contribution in [2.45, 2.75) is 6.42 Å². The van der Waals surface area contributed by atoms with E-state index >= 15 is 0 Å². The van der Waals surface area contributed by atoms with Crippen LogP contribution in [0.25, 0.3) is 0 Å². The van der Waals surface area contributed by atoms with Gasteiger partial charge >= 0.3 is 0 Å². The van der Waals surface area contributed by atoms with E-state index in [0.29, 0.717) is 16.9 Å². The Balaban J connectivity index is 2.16. The van der Waals surface area contributed by atoms with Crippen LogP contribution in [0.2, 0.25) is 0 Å². The Labute approximate surface area is 117 Å². The summed E-state index contributed by atoms with van der Waals surface area (Å²) in [6.45, 7) is 0. The maximum absolute atomic E-state index is 13.6. The second kappa shape index (κ2) is 6.19. The number of halogens is 1. The van der Waals surface area contributed by atoms with Crippen LogP contribution in [0.15, 0.2) is 42.5 Å². The van der Waals surface area contributed by atoms with Gasteiger partial charge in [-0.3, -0.25) is 4.79 Å². The highest BCUT2D eigenvalue weighted by Crippen LogP contribution is 2.20. The van der Waals surface area contributed by atoms with Gasteiger partial charge in [-0.2, -0.15) is 0 Å². The predicted molar refractivity (Wildman–Crippen MR) is 74.0 cm³/mol. The average Bonchev–Trinajstić information content (AvgIpc) is 2.47. The zero-order chi connectivity index (χ0) is 14.5.